The molecule has 3 rings (SSSR count). The summed E-state index contributed by atoms with van der Waals surface area (Å²) < 4.78 is 6.03. The Balaban J connectivity index is 1.97. The molecule has 18 heavy (non-hydrogen) atoms. The molecule has 0 aliphatic carbocycles. The SMILES string of the molecule is CNC(c1cccs1)C1OCCc2ccccc21. The summed E-state index contributed by atoms with van der Waals surface area (Å²) in [6.45, 7) is 0.811. The van der Waals surface area contributed by atoms with E-state index in [1.807, 2.05) is 7.05 Å². The summed E-state index contributed by atoms with van der Waals surface area (Å²) in [6.07, 6.45) is 1.15. The summed E-state index contributed by atoms with van der Waals surface area (Å²) >= 11 is 1.78. The van der Waals surface area contributed by atoms with Gasteiger partial charge in [0.15, 0.2) is 0 Å². The van der Waals surface area contributed by atoms with E-state index in [0.717, 1.165) is 13.0 Å². The number of hydrogen-bond acceptors (Lipinski definition) is 3. The van der Waals surface area contributed by atoms with Crippen molar-refractivity contribution in [1.82, 2.24) is 5.32 Å². The van der Waals surface area contributed by atoms with Gasteiger partial charge in [-0.25, -0.2) is 0 Å². The summed E-state index contributed by atoms with van der Waals surface area (Å²) in [5, 5.41) is 5.52. The van der Waals surface area contributed by atoms with Crippen molar-refractivity contribution in [1.29, 1.82) is 0 Å². The van der Waals surface area contributed by atoms with Crippen LogP contribution in [0.15, 0.2) is 41.8 Å². The zero-order valence-electron chi connectivity index (χ0n) is 10.4. The molecule has 0 spiro atoms. The van der Waals surface area contributed by atoms with E-state index in [9.17, 15) is 0 Å². The highest BCUT2D eigenvalue weighted by Gasteiger charge is 2.29. The van der Waals surface area contributed by atoms with Gasteiger partial charge in [-0.2, -0.15) is 0 Å². The molecule has 0 fully saturated rings. The number of nitrogens with one attached hydrogen (secondary N) is 1. The molecule has 94 valence electrons. The van der Waals surface area contributed by atoms with Crippen molar-refractivity contribution >= 4 is 11.3 Å². The van der Waals surface area contributed by atoms with E-state index in [1.54, 1.807) is 11.3 Å². The van der Waals surface area contributed by atoms with Crippen molar-refractivity contribution in [3.63, 3.8) is 0 Å². The molecular weight excluding hydrogens is 242 g/mol. The molecule has 0 radical (unpaired) electrons. The van der Waals surface area contributed by atoms with Gasteiger partial charge in [-0.3, -0.25) is 0 Å². The second-order valence-corrected chi connectivity index (χ2v) is 5.50. The van der Waals surface area contributed by atoms with Gasteiger partial charge < -0.3 is 10.1 Å². The number of benzene rings is 1. The minimum Gasteiger partial charge on any atom is -0.371 e. The van der Waals surface area contributed by atoms with Gasteiger partial charge in [0.1, 0.15) is 6.10 Å². The van der Waals surface area contributed by atoms with Crippen molar-refractivity contribution in [2.45, 2.75) is 18.6 Å². The lowest BCUT2D eigenvalue weighted by atomic mass is 9.92. The minimum absolute atomic E-state index is 0.124. The molecule has 2 heterocycles. The Bertz CT molecular complexity index is 509. The Morgan fingerprint density at radius 3 is 2.94 bits per heavy atom. The second-order valence-electron chi connectivity index (χ2n) is 4.52. The molecule has 2 unspecified atom stereocenters. The average Bonchev–Trinajstić information content (AvgIpc) is 2.94. The summed E-state index contributed by atoms with van der Waals surface area (Å²) in [6, 6.07) is 13.1. The standard InChI is InChI=1S/C15H17NOS/c1-16-14(13-7-4-10-18-13)15-12-6-3-2-5-11(12)8-9-17-15/h2-7,10,14-16H,8-9H2,1H3. The Morgan fingerprint density at radius 2 is 2.17 bits per heavy atom. The zero-order valence-corrected chi connectivity index (χ0v) is 11.2. The van der Waals surface area contributed by atoms with Crippen LogP contribution in [0.5, 0.6) is 0 Å². The Labute approximate surface area is 112 Å². The van der Waals surface area contributed by atoms with Crippen LogP contribution in [-0.4, -0.2) is 13.7 Å². The van der Waals surface area contributed by atoms with Crippen LogP contribution in [0.1, 0.15) is 28.1 Å². The maximum atomic E-state index is 6.03. The van der Waals surface area contributed by atoms with E-state index in [-0.39, 0.29) is 12.1 Å². The minimum atomic E-state index is 0.124. The van der Waals surface area contributed by atoms with Crippen LogP contribution in [0.4, 0.5) is 0 Å². The zero-order chi connectivity index (χ0) is 12.4. The van der Waals surface area contributed by atoms with Gasteiger partial charge in [-0.05, 0) is 36.0 Å². The summed E-state index contributed by atoms with van der Waals surface area (Å²) in [4.78, 5) is 1.33. The quantitative estimate of drug-likeness (QED) is 0.913. The molecule has 1 aliphatic rings. The number of fused-ring (bicyclic) bond motifs is 1. The topological polar surface area (TPSA) is 21.3 Å². The van der Waals surface area contributed by atoms with Crippen molar-refractivity contribution in [3.05, 3.63) is 57.8 Å². The lowest BCUT2D eigenvalue weighted by Crippen LogP contribution is -2.29. The molecule has 0 saturated carbocycles. The molecule has 2 aromatic rings. The second kappa shape index (κ2) is 5.22. The third-order valence-corrected chi connectivity index (χ3v) is 4.45. The summed E-state index contributed by atoms with van der Waals surface area (Å²) in [7, 11) is 2.00. The summed E-state index contributed by atoms with van der Waals surface area (Å²) in [5.74, 6) is 0. The van der Waals surface area contributed by atoms with Gasteiger partial charge in [0, 0.05) is 4.88 Å². The molecular formula is C15H17NOS. The Morgan fingerprint density at radius 1 is 1.28 bits per heavy atom. The van der Waals surface area contributed by atoms with Gasteiger partial charge >= 0.3 is 0 Å². The highest BCUT2D eigenvalue weighted by Crippen LogP contribution is 2.38. The highest BCUT2D eigenvalue weighted by molar-refractivity contribution is 7.10. The van der Waals surface area contributed by atoms with E-state index in [4.69, 9.17) is 4.74 Å². The molecule has 0 saturated heterocycles. The molecule has 2 nitrogen and oxygen atoms in total. The third-order valence-electron chi connectivity index (χ3n) is 3.49. The largest absolute Gasteiger partial charge is 0.371 e. The smallest absolute Gasteiger partial charge is 0.103 e. The lowest BCUT2D eigenvalue weighted by molar-refractivity contribution is 0.0174. The first-order valence-corrected chi connectivity index (χ1v) is 7.18. The van der Waals surface area contributed by atoms with Crippen LogP contribution in [-0.2, 0) is 11.2 Å². The van der Waals surface area contributed by atoms with Crippen LogP contribution in [0.2, 0.25) is 0 Å². The van der Waals surface area contributed by atoms with Crippen molar-refractivity contribution < 1.29 is 4.74 Å². The summed E-state index contributed by atoms with van der Waals surface area (Å²) in [5.41, 5.74) is 2.75. The van der Waals surface area contributed by atoms with Gasteiger partial charge in [-0.15, -0.1) is 11.3 Å². The molecule has 1 aromatic heterocycles. The number of ether oxygens (including phenoxy) is 1. The molecule has 0 bridgehead atoms. The highest BCUT2D eigenvalue weighted by atomic mass is 32.1. The first-order valence-electron chi connectivity index (χ1n) is 6.30. The van der Waals surface area contributed by atoms with E-state index < -0.39 is 0 Å². The average molecular weight is 259 g/mol. The van der Waals surface area contributed by atoms with Crippen LogP contribution in [0.25, 0.3) is 0 Å². The predicted octanol–water partition coefficient (Wildman–Crippen LogP) is 3.32. The normalized spacial score (nSPS) is 20.4. The number of thiophene rings is 1. The molecule has 2 atom stereocenters. The van der Waals surface area contributed by atoms with Crippen LogP contribution >= 0.6 is 11.3 Å². The van der Waals surface area contributed by atoms with Gasteiger partial charge in [0.2, 0.25) is 0 Å². The number of rotatable bonds is 3. The fraction of sp³-hybridized carbons (Fsp3) is 0.333. The fourth-order valence-corrected chi connectivity index (χ4v) is 3.47. The molecule has 1 N–H and O–H groups in total. The van der Waals surface area contributed by atoms with Gasteiger partial charge in [0.25, 0.3) is 0 Å². The van der Waals surface area contributed by atoms with Crippen molar-refractivity contribution in [3.8, 4) is 0 Å². The van der Waals surface area contributed by atoms with Gasteiger partial charge in [-0.1, -0.05) is 30.3 Å². The third kappa shape index (κ3) is 2.09. The predicted molar refractivity (Wildman–Crippen MR) is 75.0 cm³/mol. The Hall–Kier alpha value is -1.16. The maximum Gasteiger partial charge on any atom is 0.103 e. The van der Waals surface area contributed by atoms with Crippen molar-refractivity contribution in [2.75, 3.05) is 13.7 Å². The van der Waals surface area contributed by atoms with E-state index >= 15 is 0 Å². The first kappa shape index (κ1) is 11.9. The van der Waals surface area contributed by atoms with E-state index in [0.29, 0.717) is 0 Å². The molecule has 3 heteroatoms. The fourth-order valence-electron chi connectivity index (χ4n) is 2.61. The van der Waals surface area contributed by atoms with E-state index in [2.05, 4.69) is 47.1 Å². The number of hydrogen-bond donors (Lipinski definition) is 1. The van der Waals surface area contributed by atoms with Crippen LogP contribution in [0, 0.1) is 0 Å². The van der Waals surface area contributed by atoms with Gasteiger partial charge in [0.05, 0.1) is 12.6 Å². The van der Waals surface area contributed by atoms with E-state index in [1.165, 1.54) is 16.0 Å². The molecule has 0 amide bonds. The maximum absolute atomic E-state index is 6.03. The number of likely N-dealkylation sites (N-methyl/N-ethyl adjacent to an activating group) is 1. The monoisotopic (exact) mass is 259 g/mol. The molecule has 1 aliphatic heterocycles. The van der Waals surface area contributed by atoms with Crippen LogP contribution < -0.4 is 5.32 Å². The van der Waals surface area contributed by atoms with Crippen molar-refractivity contribution in [2.24, 2.45) is 0 Å². The Kier molecular flexibility index (Phi) is 3.46. The lowest BCUT2D eigenvalue weighted by Gasteiger charge is -2.32. The molecule has 1 aromatic carbocycles. The first-order chi connectivity index (χ1) is 8.90. The van der Waals surface area contributed by atoms with Crippen LogP contribution in [0.3, 0.4) is 0 Å².